The lowest BCUT2D eigenvalue weighted by Gasteiger charge is -2.23. The Morgan fingerprint density at radius 2 is 2.14 bits per heavy atom. The number of rotatable bonds is 3. The first-order valence-electron chi connectivity index (χ1n) is 7.09. The standard InChI is InChI=1S/C15H17FN2O3/c16-11-5-3-10(4-6-11)13-8-14(21-18-13)15(19)17-12-2-1-7-20-9-12/h3-6,12,14H,1-2,7-9H2,(H,17,19)/t12-,14+/m1/s1. The summed E-state index contributed by atoms with van der Waals surface area (Å²) < 4.78 is 18.2. The molecule has 2 aliphatic rings. The van der Waals surface area contributed by atoms with Gasteiger partial charge in [0.2, 0.25) is 6.10 Å². The van der Waals surface area contributed by atoms with E-state index >= 15 is 0 Å². The number of carbonyl (C=O) groups excluding carboxylic acids is 1. The van der Waals surface area contributed by atoms with E-state index in [2.05, 4.69) is 10.5 Å². The molecule has 0 unspecified atom stereocenters. The van der Waals surface area contributed by atoms with Crippen LogP contribution >= 0.6 is 0 Å². The van der Waals surface area contributed by atoms with Crippen LogP contribution in [0.25, 0.3) is 0 Å². The molecular weight excluding hydrogens is 275 g/mol. The number of hydrogen-bond donors (Lipinski definition) is 1. The van der Waals surface area contributed by atoms with Crippen molar-refractivity contribution in [2.75, 3.05) is 13.2 Å². The molecule has 0 bridgehead atoms. The van der Waals surface area contributed by atoms with E-state index in [0.29, 0.717) is 18.7 Å². The summed E-state index contributed by atoms with van der Waals surface area (Å²) in [6.45, 7) is 1.30. The molecule has 2 aliphatic heterocycles. The maximum Gasteiger partial charge on any atom is 0.264 e. The second-order valence-electron chi connectivity index (χ2n) is 5.27. The topological polar surface area (TPSA) is 59.9 Å². The lowest BCUT2D eigenvalue weighted by atomic mass is 10.0. The summed E-state index contributed by atoms with van der Waals surface area (Å²) in [5.41, 5.74) is 1.43. The van der Waals surface area contributed by atoms with Crippen molar-refractivity contribution in [3.8, 4) is 0 Å². The van der Waals surface area contributed by atoms with E-state index in [-0.39, 0.29) is 17.8 Å². The SMILES string of the molecule is O=C(N[C@@H]1CCCOC1)[C@@H]1CC(c2ccc(F)cc2)=NO1. The van der Waals surface area contributed by atoms with Gasteiger partial charge < -0.3 is 14.9 Å². The second kappa shape index (κ2) is 6.22. The Morgan fingerprint density at radius 1 is 1.33 bits per heavy atom. The van der Waals surface area contributed by atoms with Gasteiger partial charge in [-0.2, -0.15) is 0 Å². The highest BCUT2D eigenvalue weighted by Crippen LogP contribution is 2.18. The fourth-order valence-electron chi connectivity index (χ4n) is 2.48. The van der Waals surface area contributed by atoms with Crippen LogP contribution in [-0.4, -0.2) is 37.0 Å². The Hall–Kier alpha value is -1.95. The average Bonchev–Trinajstić information content (AvgIpc) is 2.99. The van der Waals surface area contributed by atoms with Crippen LogP contribution in [0, 0.1) is 5.82 Å². The van der Waals surface area contributed by atoms with Crippen molar-refractivity contribution in [1.29, 1.82) is 0 Å². The number of nitrogens with one attached hydrogen (secondary N) is 1. The Bertz CT molecular complexity index is 538. The number of oxime groups is 1. The molecule has 6 heteroatoms. The van der Waals surface area contributed by atoms with Crippen molar-refractivity contribution in [2.24, 2.45) is 5.16 Å². The molecule has 1 fully saturated rings. The molecule has 1 N–H and O–H groups in total. The van der Waals surface area contributed by atoms with E-state index in [1.54, 1.807) is 12.1 Å². The smallest absolute Gasteiger partial charge is 0.264 e. The van der Waals surface area contributed by atoms with Gasteiger partial charge in [0, 0.05) is 13.0 Å². The van der Waals surface area contributed by atoms with Crippen LogP contribution in [0.3, 0.4) is 0 Å². The lowest BCUT2D eigenvalue weighted by Crippen LogP contribution is -2.45. The molecule has 1 aromatic rings. The highest BCUT2D eigenvalue weighted by Gasteiger charge is 2.30. The van der Waals surface area contributed by atoms with Crippen molar-refractivity contribution in [3.05, 3.63) is 35.6 Å². The first-order chi connectivity index (χ1) is 10.2. The molecule has 0 spiro atoms. The maximum absolute atomic E-state index is 12.9. The minimum absolute atomic E-state index is 0.0460. The third-order valence-electron chi connectivity index (χ3n) is 3.65. The first kappa shape index (κ1) is 14.0. The van der Waals surface area contributed by atoms with Crippen molar-refractivity contribution >= 4 is 11.6 Å². The van der Waals surface area contributed by atoms with Gasteiger partial charge in [0.05, 0.1) is 18.4 Å². The van der Waals surface area contributed by atoms with Crippen molar-refractivity contribution < 1.29 is 18.8 Å². The van der Waals surface area contributed by atoms with Gasteiger partial charge in [0.15, 0.2) is 0 Å². The van der Waals surface area contributed by atoms with Gasteiger partial charge in [0.25, 0.3) is 5.91 Å². The predicted octanol–water partition coefficient (Wildman–Crippen LogP) is 1.61. The zero-order valence-corrected chi connectivity index (χ0v) is 11.5. The van der Waals surface area contributed by atoms with Crippen LogP contribution < -0.4 is 5.32 Å². The van der Waals surface area contributed by atoms with Crippen molar-refractivity contribution in [1.82, 2.24) is 5.32 Å². The highest BCUT2D eigenvalue weighted by atomic mass is 19.1. The van der Waals surface area contributed by atoms with Gasteiger partial charge >= 0.3 is 0 Å². The molecule has 2 heterocycles. The van der Waals surface area contributed by atoms with Gasteiger partial charge in [-0.05, 0) is 30.5 Å². The number of halogens is 1. The summed E-state index contributed by atoms with van der Waals surface area (Å²) in [6, 6.07) is 6.04. The molecule has 0 aromatic heterocycles. The molecule has 0 radical (unpaired) electrons. The monoisotopic (exact) mass is 292 g/mol. The maximum atomic E-state index is 12.9. The lowest BCUT2D eigenvalue weighted by molar-refractivity contribution is -0.132. The van der Waals surface area contributed by atoms with Gasteiger partial charge in [-0.1, -0.05) is 17.3 Å². The summed E-state index contributed by atoms with van der Waals surface area (Å²) in [6.07, 6.45) is 1.65. The van der Waals surface area contributed by atoms with Crippen LogP contribution in [0.2, 0.25) is 0 Å². The fraction of sp³-hybridized carbons (Fsp3) is 0.467. The molecular formula is C15H17FN2O3. The number of amides is 1. The molecule has 2 atom stereocenters. The molecule has 3 rings (SSSR count). The van der Waals surface area contributed by atoms with Gasteiger partial charge in [-0.3, -0.25) is 4.79 Å². The fourth-order valence-corrected chi connectivity index (χ4v) is 2.48. The Labute approximate surface area is 122 Å². The summed E-state index contributed by atoms with van der Waals surface area (Å²) in [5, 5.41) is 6.85. The predicted molar refractivity (Wildman–Crippen MR) is 74.4 cm³/mol. The normalized spacial score (nSPS) is 25.1. The van der Waals surface area contributed by atoms with E-state index in [9.17, 15) is 9.18 Å². The molecule has 21 heavy (non-hydrogen) atoms. The minimum Gasteiger partial charge on any atom is -0.382 e. The largest absolute Gasteiger partial charge is 0.382 e. The zero-order valence-electron chi connectivity index (χ0n) is 11.5. The van der Waals surface area contributed by atoms with E-state index in [4.69, 9.17) is 9.57 Å². The molecule has 112 valence electrons. The molecule has 5 nitrogen and oxygen atoms in total. The zero-order chi connectivity index (χ0) is 14.7. The van der Waals surface area contributed by atoms with Gasteiger partial charge in [0.1, 0.15) is 5.82 Å². The Morgan fingerprint density at radius 3 is 2.86 bits per heavy atom. The molecule has 0 aliphatic carbocycles. The minimum atomic E-state index is -0.619. The van der Waals surface area contributed by atoms with Gasteiger partial charge in [-0.15, -0.1) is 0 Å². The molecule has 0 saturated carbocycles. The van der Waals surface area contributed by atoms with Crippen LogP contribution in [0.15, 0.2) is 29.4 Å². The van der Waals surface area contributed by atoms with Crippen LogP contribution in [0.5, 0.6) is 0 Å². The summed E-state index contributed by atoms with van der Waals surface area (Å²) in [5.74, 6) is -0.476. The summed E-state index contributed by atoms with van der Waals surface area (Å²) in [7, 11) is 0. The van der Waals surface area contributed by atoms with E-state index < -0.39 is 6.10 Å². The van der Waals surface area contributed by atoms with E-state index in [1.807, 2.05) is 0 Å². The van der Waals surface area contributed by atoms with Crippen LogP contribution in [0.1, 0.15) is 24.8 Å². The number of nitrogens with zero attached hydrogens (tertiary/aromatic N) is 1. The quantitative estimate of drug-likeness (QED) is 0.921. The summed E-state index contributed by atoms with van der Waals surface area (Å²) in [4.78, 5) is 17.3. The van der Waals surface area contributed by atoms with Gasteiger partial charge in [-0.25, -0.2) is 4.39 Å². The first-order valence-corrected chi connectivity index (χ1v) is 7.09. The molecule has 1 amide bonds. The van der Waals surface area contributed by atoms with Crippen LogP contribution in [0.4, 0.5) is 4.39 Å². The third-order valence-corrected chi connectivity index (χ3v) is 3.65. The average molecular weight is 292 g/mol. The Balaban J connectivity index is 1.55. The van der Waals surface area contributed by atoms with Crippen LogP contribution in [-0.2, 0) is 14.4 Å². The number of ether oxygens (including phenoxy) is 1. The third kappa shape index (κ3) is 3.39. The number of benzene rings is 1. The second-order valence-corrected chi connectivity index (χ2v) is 5.27. The molecule has 1 aromatic carbocycles. The van der Waals surface area contributed by atoms with E-state index in [0.717, 1.165) is 25.0 Å². The number of carbonyl (C=O) groups is 1. The van der Waals surface area contributed by atoms with Crippen molar-refractivity contribution in [2.45, 2.75) is 31.4 Å². The Kier molecular flexibility index (Phi) is 4.15. The highest BCUT2D eigenvalue weighted by molar-refractivity contribution is 6.04. The van der Waals surface area contributed by atoms with Crippen molar-refractivity contribution in [3.63, 3.8) is 0 Å². The van der Waals surface area contributed by atoms with E-state index in [1.165, 1.54) is 12.1 Å². The summed E-state index contributed by atoms with van der Waals surface area (Å²) >= 11 is 0. The number of hydrogen-bond acceptors (Lipinski definition) is 4. The molecule has 1 saturated heterocycles.